The van der Waals surface area contributed by atoms with E-state index >= 15 is 0 Å². The number of halogens is 2. The molecule has 1 aliphatic heterocycles. The summed E-state index contributed by atoms with van der Waals surface area (Å²) in [7, 11) is 0. The fourth-order valence-corrected chi connectivity index (χ4v) is 2.99. The van der Waals surface area contributed by atoms with Crippen molar-refractivity contribution >= 4 is 41.1 Å². The van der Waals surface area contributed by atoms with E-state index in [4.69, 9.17) is 37.4 Å². The molecule has 0 aliphatic carbocycles. The van der Waals surface area contributed by atoms with Crippen molar-refractivity contribution in [2.75, 3.05) is 13.2 Å². The van der Waals surface area contributed by atoms with Gasteiger partial charge >= 0.3 is 5.97 Å². The van der Waals surface area contributed by atoms with Crippen LogP contribution in [-0.4, -0.2) is 25.1 Å². The number of aliphatic imine (C=N–C) groups is 1. The van der Waals surface area contributed by atoms with Crippen LogP contribution in [0, 0.1) is 0 Å². The summed E-state index contributed by atoms with van der Waals surface area (Å²) in [5.41, 5.74) is 1.41. The number of hydrogen-bond donors (Lipinski definition) is 0. The van der Waals surface area contributed by atoms with E-state index in [1.54, 1.807) is 36.4 Å². The van der Waals surface area contributed by atoms with Crippen molar-refractivity contribution in [2.24, 2.45) is 4.99 Å². The standard InChI is InChI=1S/C20H17Cl2NO4/c1-3-25-17-8-5-12(10-18(17)26-4-2)9-16-20(24)27-19(23-16)14-7-6-13(21)11-15(14)22/h5-11H,3-4H2,1-2H3. The highest BCUT2D eigenvalue weighted by molar-refractivity contribution is 6.37. The van der Waals surface area contributed by atoms with Crippen molar-refractivity contribution in [3.63, 3.8) is 0 Å². The molecule has 3 rings (SSSR count). The second kappa shape index (κ2) is 8.46. The van der Waals surface area contributed by atoms with Crippen molar-refractivity contribution in [1.82, 2.24) is 0 Å². The van der Waals surface area contributed by atoms with Crippen molar-refractivity contribution in [2.45, 2.75) is 13.8 Å². The fraction of sp³-hybridized carbons (Fsp3) is 0.200. The van der Waals surface area contributed by atoms with Crippen LogP contribution < -0.4 is 9.47 Å². The van der Waals surface area contributed by atoms with E-state index in [1.165, 1.54) is 0 Å². The zero-order chi connectivity index (χ0) is 19.4. The number of carbonyl (C=O) groups is 1. The zero-order valence-electron chi connectivity index (χ0n) is 14.8. The van der Waals surface area contributed by atoms with E-state index in [9.17, 15) is 4.79 Å². The lowest BCUT2D eigenvalue weighted by molar-refractivity contribution is -0.129. The van der Waals surface area contributed by atoms with E-state index in [-0.39, 0.29) is 11.6 Å². The minimum Gasteiger partial charge on any atom is -0.490 e. The molecule has 0 atom stereocenters. The van der Waals surface area contributed by atoms with E-state index in [0.29, 0.717) is 40.3 Å². The van der Waals surface area contributed by atoms with Crippen LogP contribution in [-0.2, 0) is 9.53 Å². The van der Waals surface area contributed by atoms with Crippen LogP contribution in [0.1, 0.15) is 25.0 Å². The highest BCUT2D eigenvalue weighted by atomic mass is 35.5. The Kier molecular flexibility index (Phi) is 6.04. The molecule has 0 unspecified atom stereocenters. The maximum atomic E-state index is 12.2. The molecule has 1 heterocycles. The van der Waals surface area contributed by atoms with Crippen LogP contribution in [0.2, 0.25) is 10.0 Å². The summed E-state index contributed by atoms with van der Waals surface area (Å²) in [6.07, 6.45) is 1.62. The predicted molar refractivity (Wildman–Crippen MR) is 106 cm³/mol. The Morgan fingerprint density at radius 1 is 1.04 bits per heavy atom. The first kappa shape index (κ1) is 19.3. The van der Waals surface area contributed by atoms with Crippen LogP contribution in [0.25, 0.3) is 6.08 Å². The van der Waals surface area contributed by atoms with Gasteiger partial charge in [-0.2, -0.15) is 0 Å². The lowest BCUT2D eigenvalue weighted by atomic mass is 10.1. The lowest BCUT2D eigenvalue weighted by Gasteiger charge is -2.11. The number of hydrogen-bond acceptors (Lipinski definition) is 5. The third-order valence-corrected chi connectivity index (χ3v) is 4.20. The summed E-state index contributed by atoms with van der Waals surface area (Å²) in [5.74, 6) is 0.837. The van der Waals surface area contributed by atoms with Crippen LogP contribution in [0.3, 0.4) is 0 Å². The van der Waals surface area contributed by atoms with Gasteiger partial charge in [-0.25, -0.2) is 9.79 Å². The largest absolute Gasteiger partial charge is 0.490 e. The Morgan fingerprint density at radius 2 is 1.78 bits per heavy atom. The second-order valence-corrected chi connectivity index (χ2v) is 6.38. The average molecular weight is 406 g/mol. The molecule has 7 heteroatoms. The Balaban J connectivity index is 1.93. The van der Waals surface area contributed by atoms with E-state index in [2.05, 4.69) is 4.99 Å². The van der Waals surface area contributed by atoms with E-state index < -0.39 is 5.97 Å². The highest BCUT2D eigenvalue weighted by Crippen LogP contribution is 2.31. The van der Waals surface area contributed by atoms with Gasteiger partial charge in [-0.05, 0) is 55.8 Å². The number of esters is 1. The molecule has 0 N–H and O–H groups in total. The van der Waals surface area contributed by atoms with Gasteiger partial charge in [0.15, 0.2) is 17.2 Å². The molecule has 0 fully saturated rings. The molecule has 0 saturated carbocycles. The number of nitrogens with zero attached hydrogens (tertiary/aromatic N) is 1. The number of ether oxygens (including phenoxy) is 3. The number of carbonyl (C=O) groups excluding carboxylic acids is 1. The molecule has 5 nitrogen and oxygen atoms in total. The average Bonchev–Trinajstić information content (AvgIpc) is 2.98. The molecule has 27 heavy (non-hydrogen) atoms. The third kappa shape index (κ3) is 4.43. The van der Waals surface area contributed by atoms with Gasteiger partial charge in [-0.3, -0.25) is 0 Å². The maximum absolute atomic E-state index is 12.2. The van der Waals surface area contributed by atoms with Gasteiger partial charge in [0, 0.05) is 5.02 Å². The third-order valence-electron chi connectivity index (χ3n) is 3.65. The Morgan fingerprint density at radius 3 is 2.48 bits per heavy atom. The summed E-state index contributed by atoms with van der Waals surface area (Å²) >= 11 is 12.1. The summed E-state index contributed by atoms with van der Waals surface area (Å²) in [5, 5.41) is 0.845. The Hall–Kier alpha value is -2.50. The SMILES string of the molecule is CCOc1ccc(C=C2N=C(c3ccc(Cl)cc3Cl)OC2=O)cc1OCC. The van der Waals surface area contributed by atoms with E-state index in [0.717, 1.165) is 5.56 Å². The molecule has 0 radical (unpaired) electrons. The van der Waals surface area contributed by atoms with Crippen LogP contribution in [0.4, 0.5) is 0 Å². The van der Waals surface area contributed by atoms with Crippen LogP contribution in [0.15, 0.2) is 47.1 Å². The van der Waals surface area contributed by atoms with Gasteiger partial charge in [0.05, 0.1) is 23.8 Å². The quantitative estimate of drug-likeness (QED) is 0.493. The van der Waals surface area contributed by atoms with Gasteiger partial charge in [-0.15, -0.1) is 0 Å². The molecule has 0 bridgehead atoms. The fourth-order valence-electron chi connectivity index (χ4n) is 2.50. The summed E-state index contributed by atoms with van der Waals surface area (Å²) in [4.78, 5) is 16.5. The van der Waals surface area contributed by atoms with Gasteiger partial charge in [-0.1, -0.05) is 29.3 Å². The topological polar surface area (TPSA) is 57.1 Å². The van der Waals surface area contributed by atoms with Crippen LogP contribution in [0.5, 0.6) is 11.5 Å². The predicted octanol–water partition coefficient (Wildman–Crippen LogP) is 5.14. The molecule has 2 aromatic rings. The zero-order valence-corrected chi connectivity index (χ0v) is 16.3. The first-order chi connectivity index (χ1) is 13.0. The first-order valence-electron chi connectivity index (χ1n) is 8.39. The summed E-state index contributed by atoms with van der Waals surface area (Å²) < 4.78 is 16.4. The molecule has 0 saturated heterocycles. The Labute approximate surface area is 167 Å². The number of cyclic esters (lactones) is 1. The maximum Gasteiger partial charge on any atom is 0.363 e. The van der Waals surface area contributed by atoms with Gasteiger partial charge in [0.2, 0.25) is 5.90 Å². The number of rotatable bonds is 6. The smallest absolute Gasteiger partial charge is 0.363 e. The van der Waals surface area contributed by atoms with Crippen molar-refractivity contribution in [3.8, 4) is 11.5 Å². The van der Waals surface area contributed by atoms with Crippen molar-refractivity contribution in [1.29, 1.82) is 0 Å². The Bertz CT molecular complexity index is 938. The molecule has 2 aromatic carbocycles. The summed E-state index contributed by atoms with van der Waals surface area (Å²) in [6, 6.07) is 10.3. The molecule has 1 aliphatic rings. The molecule has 140 valence electrons. The van der Waals surface area contributed by atoms with Gasteiger partial charge in [0.25, 0.3) is 0 Å². The molecular weight excluding hydrogens is 389 g/mol. The minimum absolute atomic E-state index is 0.142. The highest BCUT2D eigenvalue weighted by Gasteiger charge is 2.25. The molecule has 0 spiro atoms. The van der Waals surface area contributed by atoms with Crippen molar-refractivity contribution < 1.29 is 19.0 Å². The van der Waals surface area contributed by atoms with Crippen LogP contribution >= 0.6 is 23.2 Å². The van der Waals surface area contributed by atoms with Gasteiger partial charge in [0.1, 0.15) is 0 Å². The second-order valence-electron chi connectivity index (χ2n) is 5.53. The lowest BCUT2D eigenvalue weighted by Crippen LogP contribution is -2.05. The van der Waals surface area contributed by atoms with Gasteiger partial charge < -0.3 is 14.2 Å². The van der Waals surface area contributed by atoms with Crippen molar-refractivity contribution in [3.05, 3.63) is 63.3 Å². The molecule has 0 amide bonds. The number of benzene rings is 2. The normalized spacial score (nSPS) is 14.9. The summed E-state index contributed by atoms with van der Waals surface area (Å²) in [6.45, 7) is 4.82. The minimum atomic E-state index is -0.553. The first-order valence-corrected chi connectivity index (χ1v) is 9.15. The molecule has 0 aromatic heterocycles. The van der Waals surface area contributed by atoms with E-state index in [1.807, 2.05) is 19.9 Å². The molecular formula is C20H17Cl2NO4. The monoisotopic (exact) mass is 405 g/mol.